The molecule has 0 saturated heterocycles. The summed E-state index contributed by atoms with van der Waals surface area (Å²) >= 11 is 3.64. The molecule has 0 spiro atoms. The van der Waals surface area contributed by atoms with E-state index in [1.54, 1.807) is 7.11 Å². The molecular weight excluding hydrogens is 314 g/mol. The van der Waals surface area contributed by atoms with E-state index >= 15 is 0 Å². The van der Waals surface area contributed by atoms with Crippen LogP contribution in [-0.2, 0) is 0 Å². The Balaban J connectivity index is 2.56. The Labute approximate surface area is 129 Å². The zero-order chi connectivity index (χ0) is 14.9. The molecule has 0 aliphatic heterocycles. The van der Waals surface area contributed by atoms with Crippen molar-refractivity contribution >= 4 is 15.9 Å². The van der Waals surface area contributed by atoms with Crippen LogP contribution in [-0.4, -0.2) is 7.11 Å². The van der Waals surface area contributed by atoms with E-state index in [4.69, 9.17) is 10.5 Å². The van der Waals surface area contributed by atoms with Gasteiger partial charge in [-0.3, -0.25) is 0 Å². The maximum absolute atomic E-state index is 6.47. The summed E-state index contributed by atoms with van der Waals surface area (Å²) in [5, 5.41) is 0. The van der Waals surface area contributed by atoms with E-state index in [-0.39, 0.29) is 6.04 Å². The van der Waals surface area contributed by atoms with Gasteiger partial charge in [-0.05, 0) is 43.0 Å². The Bertz CT molecular complexity index is 637. The van der Waals surface area contributed by atoms with Crippen molar-refractivity contribution in [2.24, 2.45) is 5.73 Å². The third kappa shape index (κ3) is 2.60. The van der Waals surface area contributed by atoms with Crippen molar-refractivity contribution in [2.75, 3.05) is 7.11 Å². The Morgan fingerprint density at radius 1 is 1.00 bits per heavy atom. The van der Waals surface area contributed by atoms with Crippen LogP contribution in [0.3, 0.4) is 0 Å². The summed E-state index contributed by atoms with van der Waals surface area (Å²) in [6, 6.07) is 10.1. The molecule has 2 nitrogen and oxygen atoms in total. The van der Waals surface area contributed by atoms with Crippen molar-refractivity contribution in [1.29, 1.82) is 0 Å². The van der Waals surface area contributed by atoms with Gasteiger partial charge in [0.2, 0.25) is 0 Å². The number of halogens is 1. The minimum atomic E-state index is -0.210. The molecule has 2 N–H and O–H groups in total. The monoisotopic (exact) mass is 333 g/mol. The predicted molar refractivity (Wildman–Crippen MR) is 87.4 cm³/mol. The van der Waals surface area contributed by atoms with Crippen LogP contribution in [0.5, 0.6) is 5.75 Å². The summed E-state index contributed by atoms with van der Waals surface area (Å²) in [5.74, 6) is 0.880. The quantitative estimate of drug-likeness (QED) is 0.901. The zero-order valence-electron chi connectivity index (χ0n) is 12.3. The molecule has 2 aromatic carbocycles. The first-order chi connectivity index (χ1) is 9.47. The van der Waals surface area contributed by atoms with Crippen LogP contribution in [0.1, 0.15) is 33.9 Å². The lowest BCUT2D eigenvalue weighted by Crippen LogP contribution is -2.15. The average Bonchev–Trinajstić information content (AvgIpc) is 2.44. The summed E-state index contributed by atoms with van der Waals surface area (Å²) < 4.78 is 6.64. The van der Waals surface area contributed by atoms with E-state index in [1.165, 1.54) is 11.1 Å². The van der Waals surface area contributed by atoms with Crippen molar-refractivity contribution in [3.05, 3.63) is 62.6 Å². The van der Waals surface area contributed by atoms with Crippen LogP contribution in [0.4, 0.5) is 0 Å². The summed E-state index contributed by atoms with van der Waals surface area (Å²) in [7, 11) is 1.70. The summed E-state index contributed by atoms with van der Waals surface area (Å²) in [6.07, 6.45) is 0. The molecule has 2 aromatic rings. The number of benzene rings is 2. The van der Waals surface area contributed by atoms with Crippen molar-refractivity contribution in [3.63, 3.8) is 0 Å². The first-order valence-corrected chi connectivity index (χ1v) is 7.41. The maximum Gasteiger partial charge on any atom is 0.127 e. The van der Waals surface area contributed by atoms with Gasteiger partial charge in [0.25, 0.3) is 0 Å². The van der Waals surface area contributed by atoms with Crippen molar-refractivity contribution < 1.29 is 4.74 Å². The fourth-order valence-corrected chi connectivity index (χ4v) is 2.92. The summed E-state index contributed by atoms with van der Waals surface area (Å²) in [5.41, 5.74) is 12.1. The van der Waals surface area contributed by atoms with E-state index in [0.29, 0.717) is 0 Å². The second-order valence-corrected chi connectivity index (χ2v) is 5.88. The predicted octanol–water partition coefficient (Wildman–Crippen LogP) is 4.43. The lowest BCUT2D eigenvalue weighted by molar-refractivity contribution is 0.404. The first-order valence-electron chi connectivity index (χ1n) is 6.62. The van der Waals surface area contributed by atoms with Gasteiger partial charge >= 0.3 is 0 Å². The number of rotatable bonds is 3. The molecule has 106 valence electrons. The van der Waals surface area contributed by atoms with Gasteiger partial charge in [-0.15, -0.1) is 0 Å². The molecule has 0 saturated carbocycles. The molecule has 0 aromatic heterocycles. The number of hydrogen-bond acceptors (Lipinski definition) is 2. The van der Waals surface area contributed by atoms with E-state index in [1.807, 2.05) is 6.07 Å². The normalized spacial score (nSPS) is 12.3. The minimum Gasteiger partial charge on any atom is -0.496 e. The molecular formula is C17H20BrNO. The number of ether oxygens (including phenoxy) is 1. The van der Waals surface area contributed by atoms with Crippen molar-refractivity contribution in [3.8, 4) is 5.75 Å². The van der Waals surface area contributed by atoms with Gasteiger partial charge in [-0.1, -0.05) is 46.3 Å². The molecule has 0 radical (unpaired) electrons. The average molecular weight is 334 g/mol. The van der Waals surface area contributed by atoms with Crippen LogP contribution in [0.25, 0.3) is 0 Å². The van der Waals surface area contributed by atoms with Crippen LogP contribution >= 0.6 is 15.9 Å². The Kier molecular flexibility index (Phi) is 4.51. The van der Waals surface area contributed by atoms with Gasteiger partial charge in [0.05, 0.1) is 13.2 Å². The highest BCUT2D eigenvalue weighted by Crippen LogP contribution is 2.36. The number of methoxy groups -OCH3 is 1. The standard InChI is InChI=1S/C17H20BrNO/c1-10-8-9-14(17(20-4)12(10)3)16(19)13-7-5-6-11(2)15(13)18/h5-9,16H,19H2,1-4H3. The van der Waals surface area contributed by atoms with Crippen molar-refractivity contribution in [1.82, 2.24) is 0 Å². The number of nitrogens with two attached hydrogens (primary N) is 1. The molecule has 0 aliphatic rings. The highest BCUT2D eigenvalue weighted by atomic mass is 79.9. The first kappa shape index (κ1) is 15.1. The Morgan fingerprint density at radius 3 is 2.35 bits per heavy atom. The van der Waals surface area contributed by atoms with Crippen LogP contribution in [0, 0.1) is 20.8 Å². The molecule has 0 aliphatic carbocycles. The SMILES string of the molecule is COc1c(C(N)c2cccc(C)c2Br)ccc(C)c1C. The van der Waals surface area contributed by atoms with Gasteiger partial charge in [0.15, 0.2) is 0 Å². The number of hydrogen-bond donors (Lipinski definition) is 1. The smallest absolute Gasteiger partial charge is 0.127 e. The Hall–Kier alpha value is -1.32. The highest BCUT2D eigenvalue weighted by molar-refractivity contribution is 9.10. The van der Waals surface area contributed by atoms with Crippen LogP contribution < -0.4 is 10.5 Å². The molecule has 2 rings (SSSR count). The van der Waals surface area contributed by atoms with E-state index in [0.717, 1.165) is 26.9 Å². The molecule has 3 heteroatoms. The van der Waals surface area contributed by atoms with Gasteiger partial charge in [0.1, 0.15) is 5.75 Å². The molecule has 0 heterocycles. The highest BCUT2D eigenvalue weighted by Gasteiger charge is 2.19. The topological polar surface area (TPSA) is 35.2 Å². The summed E-state index contributed by atoms with van der Waals surface area (Å²) in [4.78, 5) is 0. The maximum atomic E-state index is 6.47. The zero-order valence-corrected chi connectivity index (χ0v) is 13.9. The lowest BCUT2D eigenvalue weighted by atomic mass is 9.94. The molecule has 0 fully saturated rings. The molecule has 1 unspecified atom stereocenters. The van der Waals surface area contributed by atoms with Crippen molar-refractivity contribution in [2.45, 2.75) is 26.8 Å². The molecule has 0 amide bonds. The second-order valence-electron chi connectivity index (χ2n) is 5.09. The van der Waals surface area contributed by atoms with Gasteiger partial charge in [0, 0.05) is 10.0 Å². The fourth-order valence-electron chi connectivity index (χ4n) is 2.40. The number of aryl methyl sites for hydroxylation is 2. The van der Waals surface area contributed by atoms with Gasteiger partial charge in [-0.2, -0.15) is 0 Å². The summed E-state index contributed by atoms with van der Waals surface area (Å²) in [6.45, 7) is 6.21. The van der Waals surface area contributed by atoms with E-state index in [9.17, 15) is 0 Å². The van der Waals surface area contributed by atoms with Crippen LogP contribution in [0.15, 0.2) is 34.8 Å². The van der Waals surface area contributed by atoms with Gasteiger partial charge in [-0.25, -0.2) is 0 Å². The minimum absolute atomic E-state index is 0.210. The fraction of sp³-hybridized carbons (Fsp3) is 0.294. The second kappa shape index (κ2) is 5.98. The van der Waals surface area contributed by atoms with Gasteiger partial charge < -0.3 is 10.5 Å². The van der Waals surface area contributed by atoms with Crippen LogP contribution in [0.2, 0.25) is 0 Å². The molecule has 1 atom stereocenters. The van der Waals surface area contributed by atoms with E-state index in [2.05, 4.69) is 61.0 Å². The third-order valence-corrected chi connectivity index (χ3v) is 4.89. The third-order valence-electron chi connectivity index (χ3n) is 3.80. The molecule has 20 heavy (non-hydrogen) atoms. The largest absolute Gasteiger partial charge is 0.496 e. The van der Waals surface area contributed by atoms with E-state index < -0.39 is 0 Å². The Morgan fingerprint density at radius 2 is 1.70 bits per heavy atom. The lowest BCUT2D eigenvalue weighted by Gasteiger charge is -2.20. The molecule has 0 bridgehead atoms.